The lowest BCUT2D eigenvalue weighted by atomic mass is 9.76. The first-order valence-electron chi connectivity index (χ1n) is 11.5. The van der Waals surface area contributed by atoms with E-state index < -0.39 is 51.9 Å². The van der Waals surface area contributed by atoms with Gasteiger partial charge in [0, 0.05) is 29.4 Å². The number of carbonyl (C=O) groups is 3. The van der Waals surface area contributed by atoms with Gasteiger partial charge < -0.3 is 10.4 Å². The molecule has 3 aliphatic rings. The summed E-state index contributed by atoms with van der Waals surface area (Å²) in [6.45, 7) is 0. The highest BCUT2D eigenvalue weighted by Gasteiger charge is 2.70. The first kappa shape index (κ1) is 22.8. The first-order valence-corrected chi connectivity index (χ1v) is 11.5. The van der Waals surface area contributed by atoms with E-state index in [4.69, 9.17) is 0 Å². The zero-order valence-electron chi connectivity index (χ0n) is 19.1. The summed E-state index contributed by atoms with van der Waals surface area (Å²) >= 11 is 0. The van der Waals surface area contributed by atoms with Crippen LogP contribution in [0.5, 0.6) is 5.75 Å². The predicted octanol–water partition coefficient (Wildman–Crippen LogP) is 2.61. The lowest BCUT2D eigenvalue weighted by Gasteiger charge is -2.29. The van der Waals surface area contributed by atoms with Gasteiger partial charge in [0.25, 0.3) is 5.69 Å². The van der Waals surface area contributed by atoms with Crippen LogP contribution in [0.15, 0.2) is 66.7 Å². The number of hydrogen-bond acceptors (Lipinski definition) is 7. The quantitative estimate of drug-likeness (QED) is 0.283. The van der Waals surface area contributed by atoms with Gasteiger partial charge in [0.15, 0.2) is 0 Å². The number of carbonyl (C=O) groups excluding carboxylic acids is 3. The maximum Gasteiger partial charge on any atom is 0.271 e. The zero-order valence-corrected chi connectivity index (χ0v) is 19.1. The lowest BCUT2D eigenvalue weighted by Crippen LogP contribution is -2.53. The van der Waals surface area contributed by atoms with Crippen LogP contribution in [-0.2, 0) is 26.3 Å². The monoisotopic (exact) mass is 502 g/mol. The Hall–Kier alpha value is -4.64. The van der Waals surface area contributed by atoms with Crippen molar-refractivity contribution in [3.63, 3.8) is 0 Å². The number of hydrogen-bond donors (Lipinski definition) is 3. The second kappa shape index (κ2) is 7.93. The third kappa shape index (κ3) is 3.24. The van der Waals surface area contributed by atoms with E-state index in [0.29, 0.717) is 5.69 Å². The Morgan fingerprint density at radius 1 is 1.03 bits per heavy atom. The van der Waals surface area contributed by atoms with Crippen molar-refractivity contribution in [1.82, 2.24) is 5.32 Å². The molecule has 3 aromatic rings. The highest BCUT2D eigenvalue weighted by molar-refractivity contribution is 6.25. The van der Waals surface area contributed by atoms with Gasteiger partial charge in [0.1, 0.15) is 17.1 Å². The van der Waals surface area contributed by atoms with Gasteiger partial charge in [-0.15, -0.1) is 0 Å². The number of amides is 3. The van der Waals surface area contributed by atoms with Crippen molar-refractivity contribution in [1.29, 1.82) is 0 Å². The van der Waals surface area contributed by atoms with Crippen molar-refractivity contribution in [3.8, 4) is 5.75 Å². The number of benzene rings is 3. The van der Waals surface area contributed by atoms with Crippen molar-refractivity contribution in [3.05, 3.63) is 93.8 Å². The van der Waals surface area contributed by atoms with Crippen molar-refractivity contribution in [2.45, 2.75) is 18.0 Å². The van der Waals surface area contributed by atoms with Crippen molar-refractivity contribution in [2.24, 2.45) is 11.8 Å². The number of anilines is 2. The van der Waals surface area contributed by atoms with E-state index in [1.54, 1.807) is 12.1 Å². The van der Waals surface area contributed by atoms with Crippen LogP contribution < -0.4 is 15.5 Å². The molecule has 3 aliphatic heterocycles. The number of nitrogens with zero attached hydrogens (tertiary/aromatic N) is 2. The number of halogens is 1. The average Bonchev–Trinajstić information content (AvgIpc) is 3.45. The van der Waals surface area contributed by atoms with E-state index in [1.165, 1.54) is 48.5 Å². The van der Waals surface area contributed by atoms with E-state index in [1.807, 2.05) is 0 Å². The molecule has 3 N–H and O–H groups in total. The molecule has 6 rings (SSSR count). The first-order chi connectivity index (χ1) is 17.7. The molecule has 0 saturated carbocycles. The molecule has 3 aromatic carbocycles. The number of nitrogens with one attached hydrogen (secondary N) is 2. The van der Waals surface area contributed by atoms with Gasteiger partial charge in [-0.25, -0.2) is 9.29 Å². The molecule has 0 bridgehead atoms. The third-order valence-corrected chi connectivity index (χ3v) is 7.37. The van der Waals surface area contributed by atoms with Crippen LogP contribution in [0, 0.1) is 27.8 Å². The number of aromatic hydroxyl groups is 1. The molecule has 2 saturated heterocycles. The summed E-state index contributed by atoms with van der Waals surface area (Å²) in [7, 11) is 0. The molecule has 4 atom stereocenters. The minimum absolute atomic E-state index is 0.0232. The molecule has 3 heterocycles. The third-order valence-electron chi connectivity index (χ3n) is 7.37. The maximum atomic E-state index is 14.4. The minimum Gasteiger partial charge on any atom is -0.508 e. The van der Waals surface area contributed by atoms with E-state index in [0.717, 1.165) is 16.5 Å². The van der Waals surface area contributed by atoms with Crippen LogP contribution in [0.2, 0.25) is 0 Å². The second-order valence-electron chi connectivity index (χ2n) is 9.37. The SMILES string of the molecule is O=C1[C@H]2[C@@H](C(=O)N1c1cccc([N+](=O)[O-])c1)[C@]1(N[C@@H]2Cc2ccc(O)cc2)C(=O)Nc2ccc(F)cc21. The van der Waals surface area contributed by atoms with Crippen LogP contribution in [0.4, 0.5) is 21.5 Å². The van der Waals surface area contributed by atoms with E-state index in [9.17, 15) is 34.0 Å². The summed E-state index contributed by atoms with van der Waals surface area (Å²) in [5, 5.41) is 26.9. The number of rotatable bonds is 4. The normalized spacial score (nSPS) is 25.9. The van der Waals surface area contributed by atoms with E-state index in [-0.39, 0.29) is 29.1 Å². The largest absolute Gasteiger partial charge is 0.508 e. The summed E-state index contributed by atoms with van der Waals surface area (Å²) in [6, 6.07) is 14.5. The van der Waals surface area contributed by atoms with Crippen molar-refractivity contribution in [2.75, 3.05) is 10.2 Å². The molecule has 0 aromatic heterocycles. The Morgan fingerprint density at radius 3 is 2.51 bits per heavy atom. The number of imide groups is 1. The summed E-state index contributed by atoms with van der Waals surface area (Å²) in [6.07, 6.45) is 0.225. The number of phenolic OH excluding ortho intramolecular Hbond substituents is 1. The Labute approximate surface area is 208 Å². The molecule has 186 valence electrons. The highest BCUT2D eigenvalue weighted by Crippen LogP contribution is 2.54. The molecule has 1 spiro atoms. The summed E-state index contributed by atoms with van der Waals surface area (Å²) < 4.78 is 14.4. The summed E-state index contributed by atoms with van der Waals surface area (Å²) in [4.78, 5) is 52.8. The molecule has 11 heteroatoms. The van der Waals surface area contributed by atoms with Crippen LogP contribution in [-0.4, -0.2) is 33.8 Å². The van der Waals surface area contributed by atoms with E-state index in [2.05, 4.69) is 10.6 Å². The second-order valence-corrected chi connectivity index (χ2v) is 9.37. The smallest absolute Gasteiger partial charge is 0.271 e. The van der Waals surface area contributed by atoms with Gasteiger partial charge in [0.05, 0.1) is 22.4 Å². The van der Waals surface area contributed by atoms with Crippen LogP contribution in [0.1, 0.15) is 11.1 Å². The Balaban J connectivity index is 1.49. The number of nitro benzene ring substituents is 1. The average molecular weight is 502 g/mol. The van der Waals surface area contributed by atoms with Gasteiger partial charge in [-0.3, -0.25) is 29.8 Å². The van der Waals surface area contributed by atoms with Crippen molar-refractivity contribution < 1.29 is 28.8 Å². The molecular formula is C26H19FN4O6. The molecule has 3 amide bonds. The molecule has 0 aliphatic carbocycles. The Morgan fingerprint density at radius 2 is 1.78 bits per heavy atom. The zero-order chi connectivity index (χ0) is 26.1. The lowest BCUT2D eigenvalue weighted by molar-refractivity contribution is -0.384. The minimum atomic E-state index is -1.72. The standard InChI is InChI=1S/C26H19FN4O6/c27-14-6-9-19-18(11-14)26(25(35)28-19)22-21(20(29-26)10-13-4-7-17(32)8-5-13)23(33)30(24(22)34)15-2-1-3-16(12-15)31(36)37/h1-9,11-12,20-22,29,32H,10H2,(H,28,35)/t20-,21-,22+,26+/m1/s1. The van der Waals surface area contributed by atoms with Crippen LogP contribution in [0.25, 0.3) is 0 Å². The molecule has 0 radical (unpaired) electrons. The number of fused-ring (bicyclic) bond motifs is 4. The van der Waals surface area contributed by atoms with Crippen LogP contribution >= 0.6 is 0 Å². The van der Waals surface area contributed by atoms with Gasteiger partial charge in [-0.05, 0) is 48.4 Å². The highest BCUT2D eigenvalue weighted by atomic mass is 19.1. The molecule has 37 heavy (non-hydrogen) atoms. The fourth-order valence-corrected chi connectivity index (χ4v) is 5.84. The predicted molar refractivity (Wildman–Crippen MR) is 128 cm³/mol. The number of nitro groups is 1. The van der Waals surface area contributed by atoms with Gasteiger partial charge in [0.2, 0.25) is 17.7 Å². The molecule has 10 nitrogen and oxygen atoms in total. The van der Waals surface area contributed by atoms with E-state index >= 15 is 0 Å². The Kier molecular flexibility index (Phi) is 4.89. The molecular weight excluding hydrogens is 483 g/mol. The fourth-order valence-electron chi connectivity index (χ4n) is 5.84. The van der Waals surface area contributed by atoms with Crippen LogP contribution in [0.3, 0.4) is 0 Å². The maximum absolute atomic E-state index is 14.4. The number of non-ortho nitro benzene ring substituents is 1. The number of phenols is 1. The summed E-state index contributed by atoms with van der Waals surface area (Å²) in [5.74, 6) is -4.68. The summed E-state index contributed by atoms with van der Waals surface area (Å²) in [5.41, 5.74) is -0.700. The molecule has 2 fully saturated rings. The van der Waals surface area contributed by atoms with Gasteiger partial charge in [-0.1, -0.05) is 18.2 Å². The van der Waals surface area contributed by atoms with Crippen molar-refractivity contribution >= 4 is 34.8 Å². The fraction of sp³-hybridized carbons (Fsp3) is 0.192. The van der Waals surface area contributed by atoms with Gasteiger partial charge >= 0.3 is 0 Å². The Bertz CT molecular complexity index is 1510. The van der Waals surface area contributed by atoms with Gasteiger partial charge in [-0.2, -0.15) is 0 Å². The molecule has 0 unspecified atom stereocenters. The topological polar surface area (TPSA) is 142 Å².